The van der Waals surface area contributed by atoms with Crippen LogP contribution in [0.1, 0.15) is 31.2 Å². The van der Waals surface area contributed by atoms with Crippen molar-refractivity contribution in [3.63, 3.8) is 0 Å². The number of nitrogens with zero attached hydrogens (tertiary/aromatic N) is 4. The molecule has 218 valence electrons. The topological polar surface area (TPSA) is 83.8 Å². The minimum absolute atomic E-state index is 0.00141. The predicted octanol–water partition coefficient (Wildman–Crippen LogP) is 6.19. The second-order valence-electron chi connectivity index (χ2n) is 10.3. The Morgan fingerprint density at radius 3 is 2.46 bits per heavy atom. The lowest BCUT2D eigenvalue weighted by atomic mass is 9.92. The van der Waals surface area contributed by atoms with Gasteiger partial charge in [0.25, 0.3) is 5.69 Å². The smallest absolute Gasteiger partial charge is 0.382 e. The van der Waals surface area contributed by atoms with Crippen molar-refractivity contribution in [1.82, 2.24) is 9.88 Å². The molecular weight excluding hydrogens is 562 g/mol. The summed E-state index contributed by atoms with van der Waals surface area (Å²) >= 11 is 5.63. The van der Waals surface area contributed by atoms with Crippen LogP contribution in [-0.2, 0) is 10.9 Å². The maximum Gasteiger partial charge on any atom is 0.423 e. The molecule has 1 aliphatic carbocycles. The Labute approximate surface area is 239 Å². The Bertz CT molecular complexity index is 1420. The zero-order chi connectivity index (χ0) is 29.1. The van der Waals surface area contributed by atoms with Crippen LogP contribution in [0.3, 0.4) is 0 Å². The zero-order valence-corrected chi connectivity index (χ0v) is 22.9. The van der Waals surface area contributed by atoms with Gasteiger partial charge in [-0.05, 0) is 68.1 Å². The van der Waals surface area contributed by atoms with Crippen molar-refractivity contribution in [3.8, 4) is 0 Å². The minimum Gasteiger partial charge on any atom is -0.382 e. The second-order valence-corrected chi connectivity index (χ2v) is 10.8. The number of fused-ring (bicyclic) bond motifs is 1. The normalized spacial score (nSPS) is 19.8. The molecule has 0 unspecified atom stereocenters. The molecular formula is C28H29F4N5O3S. The van der Waals surface area contributed by atoms with Gasteiger partial charge in [-0.2, -0.15) is 13.2 Å². The van der Waals surface area contributed by atoms with Crippen molar-refractivity contribution >= 4 is 45.3 Å². The van der Waals surface area contributed by atoms with E-state index in [1.54, 1.807) is 6.07 Å². The van der Waals surface area contributed by atoms with Crippen molar-refractivity contribution in [2.75, 3.05) is 43.0 Å². The maximum atomic E-state index is 13.4. The molecule has 1 aliphatic heterocycles. The fourth-order valence-corrected chi connectivity index (χ4v) is 5.60. The number of aromatic nitrogens is 1. The minimum atomic E-state index is -4.81. The molecule has 1 saturated carbocycles. The number of halogens is 4. The summed E-state index contributed by atoms with van der Waals surface area (Å²) < 4.78 is 59.4. The summed E-state index contributed by atoms with van der Waals surface area (Å²) in [7, 11) is 0. The van der Waals surface area contributed by atoms with E-state index in [-0.39, 0.29) is 23.7 Å². The second kappa shape index (κ2) is 12.1. The lowest BCUT2D eigenvalue weighted by Gasteiger charge is -2.37. The number of piperazine rings is 1. The third-order valence-electron chi connectivity index (χ3n) is 7.58. The molecule has 0 amide bonds. The lowest BCUT2D eigenvalue weighted by Crippen LogP contribution is -2.49. The van der Waals surface area contributed by atoms with Crippen LogP contribution in [0.25, 0.3) is 10.9 Å². The van der Waals surface area contributed by atoms with Crippen LogP contribution < -0.4 is 10.2 Å². The molecule has 2 aliphatic rings. The lowest BCUT2D eigenvalue weighted by molar-refractivity contribution is -0.388. The van der Waals surface area contributed by atoms with E-state index in [0.717, 1.165) is 72.9 Å². The van der Waals surface area contributed by atoms with Gasteiger partial charge >= 0.3 is 6.18 Å². The average Bonchev–Trinajstić information content (AvgIpc) is 2.96. The van der Waals surface area contributed by atoms with Crippen molar-refractivity contribution in [1.29, 1.82) is 0 Å². The van der Waals surface area contributed by atoms with E-state index in [2.05, 4.69) is 20.1 Å². The van der Waals surface area contributed by atoms with Gasteiger partial charge in [0.2, 0.25) is 0 Å². The van der Waals surface area contributed by atoms with Crippen LogP contribution in [-0.4, -0.2) is 64.7 Å². The van der Waals surface area contributed by atoms with Crippen LogP contribution in [0, 0.1) is 15.9 Å². The summed E-state index contributed by atoms with van der Waals surface area (Å²) in [6, 6.07) is 11.3. The molecule has 2 heterocycles. The first-order chi connectivity index (χ1) is 19.6. The fourth-order valence-electron chi connectivity index (χ4n) is 5.35. The molecule has 0 bridgehead atoms. The van der Waals surface area contributed by atoms with E-state index in [1.165, 1.54) is 18.2 Å². The molecule has 2 aromatic carbocycles. The van der Waals surface area contributed by atoms with Gasteiger partial charge in [-0.15, -0.1) is 0 Å². The van der Waals surface area contributed by atoms with Gasteiger partial charge in [-0.1, -0.05) is 12.2 Å². The highest BCUT2D eigenvalue weighted by atomic mass is 32.1. The molecule has 0 spiro atoms. The number of alkyl halides is 3. The van der Waals surface area contributed by atoms with Crippen LogP contribution in [0.4, 0.5) is 34.8 Å². The third kappa shape index (κ3) is 7.02. The van der Waals surface area contributed by atoms with Crippen LogP contribution >= 0.6 is 12.2 Å². The number of nitrogens with one attached hydrogen (secondary N) is 1. The monoisotopic (exact) mass is 591 g/mol. The summed E-state index contributed by atoms with van der Waals surface area (Å²) in [6.07, 6.45) is -1.97. The van der Waals surface area contributed by atoms with Gasteiger partial charge in [-0.25, -0.2) is 9.37 Å². The highest BCUT2D eigenvalue weighted by Crippen LogP contribution is 2.38. The quantitative estimate of drug-likeness (QED) is 0.151. The number of thiocarbonyl (C=S) groups is 1. The first-order valence-electron chi connectivity index (χ1n) is 13.4. The first kappa shape index (κ1) is 28.9. The number of ether oxygens (including phenoxy) is 1. The standard InChI is InChI=1S/C28H29F4N5O3S/c29-19-2-8-24-18(15-19)1-10-26(34-24)35-11-13-36(14-12-35)27(41)17-40-22-6-3-20(4-7-22)33-21-5-9-25(37(38)39)23(16-21)28(30,31)32/h1-2,5,8-10,15-16,20,22,33H,3-4,6-7,11-14,17H2. The summed E-state index contributed by atoms with van der Waals surface area (Å²) in [5.41, 5.74) is -1.26. The SMILES string of the molecule is O=[N+]([O-])c1ccc(NC2CCC(OCC(=S)N3CCN(c4ccc5cc(F)ccc5n4)CC3)CC2)cc1C(F)(F)F. The number of rotatable bonds is 7. The Balaban J connectivity index is 1.05. The largest absolute Gasteiger partial charge is 0.423 e. The molecule has 41 heavy (non-hydrogen) atoms. The Hall–Kier alpha value is -3.58. The molecule has 1 aromatic heterocycles. The highest BCUT2D eigenvalue weighted by Gasteiger charge is 2.38. The van der Waals surface area contributed by atoms with E-state index in [9.17, 15) is 27.7 Å². The average molecular weight is 592 g/mol. The number of anilines is 2. The van der Waals surface area contributed by atoms with E-state index in [0.29, 0.717) is 19.4 Å². The summed E-state index contributed by atoms with van der Waals surface area (Å²) in [5, 5.41) is 14.8. The van der Waals surface area contributed by atoms with Crippen molar-refractivity contribution in [2.24, 2.45) is 0 Å². The molecule has 5 rings (SSSR count). The van der Waals surface area contributed by atoms with Gasteiger partial charge in [0.05, 0.1) is 23.2 Å². The van der Waals surface area contributed by atoms with Gasteiger partial charge < -0.3 is 19.9 Å². The van der Waals surface area contributed by atoms with Gasteiger partial charge in [-0.3, -0.25) is 10.1 Å². The van der Waals surface area contributed by atoms with E-state index < -0.39 is 22.4 Å². The maximum absolute atomic E-state index is 13.4. The number of hydrogen-bond donors (Lipinski definition) is 1. The van der Waals surface area contributed by atoms with E-state index >= 15 is 0 Å². The van der Waals surface area contributed by atoms with Crippen molar-refractivity contribution in [2.45, 2.75) is 44.0 Å². The summed E-state index contributed by atoms with van der Waals surface area (Å²) in [5.74, 6) is 0.561. The Morgan fingerprint density at radius 2 is 1.78 bits per heavy atom. The molecule has 3 aromatic rings. The van der Waals surface area contributed by atoms with Gasteiger partial charge in [0, 0.05) is 49.4 Å². The fraction of sp³-hybridized carbons (Fsp3) is 0.429. The van der Waals surface area contributed by atoms with Crippen molar-refractivity contribution < 1.29 is 27.2 Å². The molecule has 8 nitrogen and oxygen atoms in total. The van der Waals surface area contributed by atoms with Gasteiger partial charge in [0.15, 0.2) is 0 Å². The predicted molar refractivity (Wildman–Crippen MR) is 152 cm³/mol. The number of hydrogen-bond acceptors (Lipinski definition) is 7. The number of pyridine rings is 1. The number of nitro benzene ring substituents is 1. The molecule has 1 saturated heterocycles. The summed E-state index contributed by atoms with van der Waals surface area (Å²) in [6.45, 7) is 3.29. The Kier molecular flexibility index (Phi) is 8.55. The number of benzene rings is 2. The van der Waals surface area contributed by atoms with Crippen molar-refractivity contribution in [3.05, 3.63) is 70.0 Å². The van der Waals surface area contributed by atoms with E-state index in [4.69, 9.17) is 17.0 Å². The number of nitro groups is 1. The highest BCUT2D eigenvalue weighted by molar-refractivity contribution is 7.80. The molecule has 1 N–H and O–H groups in total. The van der Waals surface area contributed by atoms with Crippen LogP contribution in [0.15, 0.2) is 48.5 Å². The van der Waals surface area contributed by atoms with Crippen LogP contribution in [0.2, 0.25) is 0 Å². The van der Waals surface area contributed by atoms with Gasteiger partial charge in [0.1, 0.15) is 22.2 Å². The summed E-state index contributed by atoms with van der Waals surface area (Å²) in [4.78, 5) is 19.7. The molecule has 2 fully saturated rings. The molecule has 0 atom stereocenters. The molecule has 0 radical (unpaired) electrons. The van der Waals surface area contributed by atoms with E-state index in [1.807, 2.05) is 12.1 Å². The Morgan fingerprint density at radius 1 is 1.05 bits per heavy atom. The third-order valence-corrected chi connectivity index (χ3v) is 7.96. The zero-order valence-electron chi connectivity index (χ0n) is 22.1. The van der Waals surface area contributed by atoms with Crippen LogP contribution in [0.5, 0.6) is 0 Å². The first-order valence-corrected chi connectivity index (χ1v) is 13.8. The molecule has 13 heteroatoms.